The Bertz CT molecular complexity index is 699. The van der Waals surface area contributed by atoms with Crippen molar-refractivity contribution in [3.63, 3.8) is 0 Å². The molecule has 0 spiro atoms. The van der Waals surface area contributed by atoms with Crippen molar-refractivity contribution in [2.24, 2.45) is 0 Å². The van der Waals surface area contributed by atoms with Crippen LogP contribution in [0.4, 0.5) is 0 Å². The fraction of sp³-hybridized carbons (Fsp3) is 0.526. The van der Waals surface area contributed by atoms with Gasteiger partial charge in [-0.1, -0.05) is 40.9 Å². The van der Waals surface area contributed by atoms with Crippen molar-refractivity contribution >= 4 is 21.8 Å². The molecule has 1 amide bonds. The van der Waals surface area contributed by atoms with Gasteiger partial charge in [0, 0.05) is 29.5 Å². The average Bonchev–Trinajstić information content (AvgIpc) is 3.13. The third kappa shape index (κ3) is 4.69. The van der Waals surface area contributed by atoms with E-state index < -0.39 is 0 Å². The van der Waals surface area contributed by atoms with Crippen LogP contribution in [-0.2, 0) is 4.79 Å². The topological polar surface area (TPSA) is 59.2 Å². The molecule has 0 aliphatic carbocycles. The normalized spacial score (nSPS) is 17.7. The van der Waals surface area contributed by atoms with Gasteiger partial charge in [0.05, 0.1) is 5.92 Å². The van der Waals surface area contributed by atoms with E-state index in [2.05, 4.69) is 33.0 Å². The second kappa shape index (κ2) is 8.61. The summed E-state index contributed by atoms with van der Waals surface area (Å²) in [6.45, 7) is 3.68. The lowest BCUT2D eigenvalue weighted by atomic mass is 9.97. The number of hydrogen-bond donors (Lipinski definition) is 0. The molecule has 1 aromatic heterocycles. The van der Waals surface area contributed by atoms with Crippen LogP contribution in [0.3, 0.4) is 0 Å². The van der Waals surface area contributed by atoms with Gasteiger partial charge >= 0.3 is 0 Å². The summed E-state index contributed by atoms with van der Waals surface area (Å²) in [5, 5.41) is 4.12. The molecule has 3 rings (SSSR count). The summed E-state index contributed by atoms with van der Waals surface area (Å²) in [5.74, 6) is 1.64. The number of halogens is 1. The zero-order chi connectivity index (χ0) is 17.6. The number of rotatable bonds is 6. The average molecular weight is 406 g/mol. The van der Waals surface area contributed by atoms with Crippen molar-refractivity contribution in [2.45, 2.75) is 51.4 Å². The van der Waals surface area contributed by atoms with Gasteiger partial charge in [-0.25, -0.2) is 0 Å². The maximum Gasteiger partial charge on any atom is 0.231 e. The van der Waals surface area contributed by atoms with Gasteiger partial charge in [-0.2, -0.15) is 4.98 Å². The number of carbonyl (C=O) groups is 1. The van der Waals surface area contributed by atoms with E-state index >= 15 is 0 Å². The Hall–Kier alpha value is -1.69. The van der Waals surface area contributed by atoms with E-state index in [-0.39, 0.29) is 11.8 Å². The summed E-state index contributed by atoms with van der Waals surface area (Å²) in [7, 11) is 0. The predicted octanol–water partition coefficient (Wildman–Crippen LogP) is 4.79. The molecular weight excluding hydrogens is 382 g/mol. The van der Waals surface area contributed by atoms with Crippen LogP contribution in [0.5, 0.6) is 0 Å². The molecule has 1 aliphatic heterocycles. The molecule has 2 aromatic rings. The van der Waals surface area contributed by atoms with Crippen LogP contribution in [0.15, 0.2) is 33.3 Å². The van der Waals surface area contributed by atoms with Crippen LogP contribution in [-0.4, -0.2) is 34.0 Å². The summed E-state index contributed by atoms with van der Waals surface area (Å²) < 4.78 is 6.52. The molecule has 1 saturated heterocycles. The number of nitrogens with zero attached hydrogens (tertiary/aromatic N) is 3. The van der Waals surface area contributed by atoms with Crippen LogP contribution in [0, 0.1) is 0 Å². The number of carbonyl (C=O) groups excluding carboxylic acids is 1. The van der Waals surface area contributed by atoms with E-state index in [9.17, 15) is 4.79 Å². The highest BCUT2D eigenvalue weighted by atomic mass is 79.9. The zero-order valence-corrected chi connectivity index (χ0v) is 16.2. The quantitative estimate of drug-likeness (QED) is 0.648. The molecule has 1 aromatic carbocycles. The lowest BCUT2D eigenvalue weighted by Gasteiger charge is -2.31. The Morgan fingerprint density at radius 1 is 1.32 bits per heavy atom. The number of aromatic nitrogens is 2. The molecule has 0 radical (unpaired) electrons. The molecule has 1 fully saturated rings. The largest absolute Gasteiger partial charge is 0.342 e. The molecule has 5 nitrogen and oxygen atoms in total. The molecule has 25 heavy (non-hydrogen) atoms. The van der Waals surface area contributed by atoms with Gasteiger partial charge in [-0.3, -0.25) is 4.79 Å². The van der Waals surface area contributed by atoms with E-state index in [1.54, 1.807) is 0 Å². The van der Waals surface area contributed by atoms with Crippen molar-refractivity contribution in [1.82, 2.24) is 15.0 Å². The first-order valence-corrected chi connectivity index (χ1v) is 9.84. The molecule has 6 heteroatoms. The Balaban J connectivity index is 1.63. The highest BCUT2D eigenvalue weighted by Crippen LogP contribution is 2.28. The second-order valence-corrected chi connectivity index (χ2v) is 7.51. The highest BCUT2D eigenvalue weighted by molar-refractivity contribution is 9.10. The van der Waals surface area contributed by atoms with Crippen molar-refractivity contribution in [2.75, 3.05) is 13.1 Å². The summed E-state index contributed by atoms with van der Waals surface area (Å²) in [6.07, 6.45) is 5.85. The van der Waals surface area contributed by atoms with Gasteiger partial charge in [0.25, 0.3) is 0 Å². The minimum absolute atomic E-state index is 0.139. The molecule has 2 heterocycles. The van der Waals surface area contributed by atoms with Gasteiger partial charge in [0.2, 0.25) is 17.6 Å². The molecule has 1 atom stereocenters. The Morgan fingerprint density at radius 3 is 2.88 bits per heavy atom. The Labute approximate surface area is 156 Å². The fourth-order valence-electron chi connectivity index (χ4n) is 3.21. The lowest BCUT2D eigenvalue weighted by molar-refractivity contribution is -0.132. The first-order chi connectivity index (χ1) is 12.2. The van der Waals surface area contributed by atoms with Crippen LogP contribution in [0.1, 0.15) is 57.3 Å². The first kappa shape index (κ1) is 18.1. The molecule has 0 N–H and O–H groups in total. The SMILES string of the molecule is CCCCCC(=O)N1CCCC(c2nc(-c3ccc(Br)cc3)no2)C1. The maximum absolute atomic E-state index is 12.4. The lowest BCUT2D eigenvalue weighted by Crippen LogP contribution is -2.39. The smallest absolute Gasteiger partial charge is 0.231 e. The van der Waals surface area contributed by atoms with Gasteiger partial charge in [-0.05, 0) is 43.5 Å². The number of amides is 1. The Morgan fingerprint density at radius 2 is 2.12 bits per heavy atom. The second-order valence-electron chi connectivity index (χ2n) is 6.60. The molecular formula is C19H24BrN3O2. The summed E-state index contributed by atoms with van der Waals surface area (Å²) in [4.78, 5) is 18.9. The van der Waals surface area contributed by atoms with Crippen LogP contribution < -0.4 is 0 Å². The number of benzene rings is 1. The van der Waals surface area contributed by atoms with Gasteiger partial charge in [0.15, 0.2) is 0 Å². The van der Waals surface area contributed by atoms with Crippen LogP contribution in [0.25, 0.3) is 11.4 Å². The summed E-state index contributed by atoms with van der Waals surface area (Å²) in [5.41, 5.74) is 0.932. The van der Waals surface area contributed by atoms with Gasteiger partial charge in [0.1, 0.15) is 0 Å². The third-order valence-electron chi connectivity index (χ3n) is 4.66. The van der Waals surface area contributed by atoms with E-state index in [1.165, 1.54) is 0 Å². The van der Waals surface area contributed by atoms with Gasteiger partial charge < -0.3 is 9.42 Å². The zero-order valence-electron chi connectivity index (χ0n) is 14.6. The van der Waals surface area contributed by atoms with E-state index in [0.29, 0.717) is 24.7 Å². The summed E-state index contributed by atoms with van der Waals surface area (Å²) >= 11 is 3.43. The monoisotopic (exact) mass is 405 g/mol. The van der Waals surface area contributed by atoms with Crippen LogP contribution in [0.2, 0.25) is 0 Å². The van der Waals surface area contributed by atoms with Crippen molar-refractivity contribution in [3.8, 4) is 11.4 Å². The van der Waals surface area contributed by atoms with E-state index in [4.69, 9.17) is 4.52 Å². The Kier molecular flexibility index (Phi) is 6.24. The van der Waals surface area contributed by atoms with E-state index in [1.807, 2.05) is 29.2 Å². The number of likely N-dealkylation sites (tertiary alicyclic amines) is 1. The third-order valence-corrected chi connectivity index (χ3v) is 5.19. The minimum Gasteiger partial charge on any atom is -0.342 e. The summed E-state index contributed by atoms with van der Waals surface area (Å²) in [6, 6.07) is 7.84. The fourth-order valence-corrected chi connectivity index (χ4v) is 3.47. The van der Waals surface area contributed by atoms with E-state index in [0.717, 1.165) is 48.7 Å². The number of hydrogen-bond acceptors (Lipinski definition) is 4. The van der Waals surface area contributed by atoms with Crippen LogP contribution >= 0.6 is 15.9 Å². The minimum atomic E-state index is 0.139. The molecule has 1 aliphatic rings. The number of unbranched alkanes of at least 4 members (excludes halogenated alkanes) is 2. The molecule has 0 bridgehead atoms. The number of piperidine rings is 1. The van der Waals surface area contributed by atoms with Crippen molar-refractivity contribution in [1.29, 1.82) is 0 Å². The highest BCUT2D eigenvalue weighted by Gasteiger charge is 2.28. The van der Waals surface area contributed by atoms with Crippen molar-refractivity contribution < 1.29 is 9.32 Å². The predicted molar refractivity (Wildman–Crippen MR) is 100 cm³/mol. The molecule has 1 unspecified atom stereocenters. The molecule has 0 saturated carbocycles. The van der Waals surface area contributed by atoms with Gasteiger partial charge in [-0.15, -0.1) is 0 Å². The first-order valence-electron chi connectivity index (χ1n) is 9.04. The molecule has 134 valence electrons. The van der Waals surface area contributed by atoms with Crippen molar-refractivity contribution in [3.05, 3.63) is 34.6 Å². The maximum atomic E-state index is 12.4. The standard InChI is InChI=1S/C19H24BrN3O2/c1-2-3-4-7-17(24)23-12-5-6-15(13-23)19-21-18(22-25-19)14-8-10-16(20)11-9-14/h8-11,15H,2-7,12-13H2,1H3.